The van der Waals surface area contributed by atoms with Crippen LogP contribution < -0.4 is 14.8 Å². The maximum absolute atomic E-state index is 12.2. The summed E-state index contributed by atoms with van der Waals surface area (Å²) in [5.41, 5.74) is 1.09. The highest BCUT2D eigenvalue weighted by molar-refractivity contribution is 5.76. The van der Waals surface area contributed by atoms with Crippen LogP contribution in [0.5, 0.6) is 11.5 Å². The van der Waals surface area contributed by atoms with E-state index in [4.69, 9.17) is 9.47 Å². The molecule has 1 aromatic rings. The summed E-state index contributed by atoms with van der Waals surface area (Å²) in [5, 5.41) is 3.31. The van der Waals surface area contributed by atoms with Gasteiger partial charge in [-0.05, 0) is 37.1 Å². The molecule has 1 aromatic carbocycles. The van der Waals surface area contributed by atoms with Crippen molar-refractivity contribution >= 4 is 5.91 Å². The van der Waals surface area contributed by atoms with Crippen molar-refractivity contribution in [1.29, 1.82) is 0 Å². The molecule has 1 aliphatic heterocycles. The zero-order valence-corrected chi connectivity index (χ0v) is 12.9. The van der Waals surface area contributed by atoms with Crippen molar-refractivity contribution in [3.8, 4) is 11.5 Å². The molecule has 0 saturated carbocycles. The van der Waals surface area contributed by atoms with E-state index >= 15 is 0 Å². The third kappa shape index (κ3) is 4.36. The lowest BCUT2D eigenvalue weighted by molar-refractivity contribution is -0.130. The van der Waals surface area contributed by atoms with E-state index in [9.17, 15) is 4.79 Å². The molecule has 0 spiro atoms. The van der Waals surface area contributed by atoms with Crippen LogP contribution in [0.3, 0.4) is 0 Å². The average molecular weight is 292 g/mol. The molecule has 1 N–H and O–H groups in total. The number of carbonyl (C=O) groups is 1. The Balaban J connectivity index is 1.91. The summed E-state index contributed by atoms with van der Waals surface area (Å²) in [7, 11) is 3.24. The van der Waals surface area contributed by atoms with Crippen molar-refractivity contribution in [3.05, 3.63) is 23.8 Å². The summed E-state index contributed by atoms with van der Waals surface area (Å²) >= 11 is 0. The molecule has 2 rings (SSSR count). The number of aryl methyl sites for hydroxylation is 1. The van der Waals surface area contributed by atoms with Crippen LogP contribution in [0.1, 0.15) is 18.4 Å². The third-order valence-corrected chi connectivity index (χ3v) is 3.77. The largest absolute Gasteiger partial charge is 0.493 e. The summed E-state index contributed by atoms with van der Waals surface area (Å²) in [6.07, 6.45) is 2.29. The second-order valence-corrected chi connectivity index (χ2v) is 5.17. The highest BCUT2D eigenvalue weighted by Crippen LogP contribution is 2.28. The van der Waals surface area contributed by atoms with E-state index in [1.54, 1.807) is 14.2 Å². The number of rotatable bonds is 5. The first-order chi connectivity index (χ1) is 10.2. The summed E-state index contributed by atoms with van der Waals surface area (Å²) in [5.74, 6) is 1.65. The second kappa shape index (κ2) is 7.88. The normalized spacial score (nSPS) is 15.4. The number of nitrogens with one attached hydrogen (secondary N) is 1. The summed E-state index contributed by atoms with van der Waals surface area (Å²) < 4.78 is 10.5. The van der Waals surface area contributed by atoms with Gasteiger partial charge < -0.3 is 19.7 Å². The van der Waals surface area contributed by atoms with Crippen molar-refractivity contribution in [2.45, 2.75) is 19.3 Å². The quantitative estimate of drug-likeness (QED) is 0.892. The van der Waals surface area contributed by atoms with Crippen molar-refractivity contribution in [2.75, 3.05) is 40.4 Å². The molecule has 1 fully saturated rings. The molecule has 0 atom stereocenters. The van der Waals surface area contributed by atoms with Crippen LogP contribution in [0, 0.1) is 0 Å². The van der Waals surface area contributed by atoms with Gasteiger partial charge in [-0.25, -0.2) is 0 Å². The molecule has 0 bridgehead atoms. The van der Waals surface area contributed by atoms with Gasteiger partial charge in [0, 0.05) is 26.1 Å². The number of benzene rings is 1. The Bertz CT molecular complexity index is 469. The lowest BCUT2D eigenvalue weighted by Gasteiger charge is -2.20. The minimum absolute atomic E-state index is 0.230. The van der Waals surface area contributed by atoms with Crippen molar-refractivity contribution in [1.82, 2.24) is 10.2 Å². The van der Waals surface area contributed by atoms with Crippen LogP contribution in [0.25, 0.3) is 0 Å². The summed E-state index contributed by atoms with van der Waals surface area (Å²) in [6.45, 7) is 3.56. The molecule has 5 nitrogen and oxygen atoms in total. The molecule has 116 valence electrons. The first-order valence-electron chi connectivity index (χ1n) is 7.44. The van der Waals surface area contributed by atoms with E-state index in [0.29, 0.717) is 17.9 Å². The predicted molar refractivity (Wildman–Crippen MR) is 81.9 cm³/mol. The number of nitrogens with zero attached hydrogens (tertiary/aromatic N) is 1. The van der Waals surface area contributed by atoms with Crippen LogP contribution in [-0.2, 0) is 11.2 Å². The maximum atomic E-state index is 12.2. The van der Waals surface area contributed by atoms with Gasteiger partial charge in [0.15, 0.2) is 11.5 Å². The molecular formula is C16H24N2O3. The van der Waals surface area contributed by atoms with E-state index in [-0.39, 0.29) is 5.91 Å². The number of ether oxygens (including phenoxy) is 2. The number of hydrogen-bond donors (Lipinski definition) is 1. The summed E-state index contributed by atoms with van der Waals surface area (Å²) in [4.78, 5) is 14.2. The molecule has 1 amide bonds. The Morgan fingerprint density at radius 3 is 2.76 bits per heavy atom. The Hall–Kier alpha value is -1.75. The van der Waals surface area contributed by atoms with Gasteiger partial charge in [-0.3, -0.25) is 4.79 Å². The monoisotopic (exact) mass is 292 g/mol. The zero-order chi connectivity index (χ0) is 15.1. The minimum Gasteiger partial charge on any atom is -0.493 e. The predicted octanol–water partition coefficient (Wildman–Crippen LogP) is 1.46. The number of carbonyl (C=O) groups excluding carboxylic acids is 1. The van der Waals surface area contributed by atoms with Crippen LogP contribution in [0.2, 0.25) is 0 Å². The van der Waals surface area contributed by atoms with Crippen molar-refractivity contribution in [3.63, 3.8) is 0 Å². The van der Waals surface area contributed by atoms with E-state index in [1.165, 1.54) is 0 Å². The molecule has 1 aliphatic rings. The number of methoxy groups -OCH3 is 2. The summed E-state index contributed by atoms with van der Waals surface area (Å²) in [6, 6.07) is 5.81. The lowest BCUT2D eigenvalue weighted by atomic mass is 10.1. The Labute approximate surface area is 126 Å². The van der Waals surface area contributed by atoms with Crippen molar-refractivity contribution < 1.29 is 14.3 Å². The Morgan fingerprint density at radius 2 is 2.00 bits per heavy atom. The first-order valence-corrected chi connectivity index (χ1v) is 7.44. The first kappa shape index (κ1) is 15.6. The van der Waals surface area contributed by atoms with Crippen LogP contribution >= 0.6 is 0 Å². The molecule has 1 saturated heterocycles. The lowest BCUT2D eigenvalue weighted by Crippen LogP contribution is -2.34. The fourth-order valence-corrected chi connectivity index (χ4v) is 2.54. The molecule has 0 unspecified atom stereocenters. The van der Waals surface area contributed by atoms with Crippen LogP contribution in [0.4, 0.5) is 0 Å². The topological polar surface area (TPSA) is 50.8 Å². The van der Waals surface area contributed by atoms with Gasteiger partial charge >= 0.3 is 0 Å². The van der Waals surface area contributed by atoms with E-state index in [1.807, 2.05) is 23.1 Å². The fraction of sp³-hybridized carbons (Fsp3) is 0.562. The third-order valence-electron chi connectivity index (χ3n) is 3.77. The SMILES string of the molecule is COc1ccc(CCC(=O)N2CCCNCC2)cc1OC. The zero-order valence-electron chi connectivity index (χ0n) is 12.9. The van der Waals surface area contributed by atoms with Gasteiger partial charge in [-0.15, -0.1) is 0 Å². The Kier molecular flexibility index (Phi) is 5.87. The molecule has 0 aliphatic carbocycles. The van der Waals surface area contributed by atoms with Gasteiger partial charge in [0.1, 0.15) is 0 Å². The van der Waals surface area contributed by atoms with Gasteiger partial charge in [0.05, 0.1) is 14.2 Å². The molecule has 0 radical (unpaired) electrons. The molecule has 0 aromatic heterocycles. The number of amides is 1. The van der Waals surface area contributed by atoms with Crippen molar-refractivity contribution in [2.24, 2.45) is 0 Å². The van der Waals surface area contributed by atoms with E-state index in [0.717, 1.165) is 44.6 Å². The highest BCUT2D eigenvalue weighted by atomic mass is 16.5. The van der Waals surface area contributed by atoms with Gasteiger partial charge in [0.2, 0.25) is 5.91 Å². The van der Waals surface area contributed by atoms with Gasteiger partial charge in [-0.2, -0.15) is 0 Å². The minimum atomic E-state index is 0.230. The van der Waals surface area contributed by atoms with Crippen LogP contribution in [-0.4, -0.2) is 51.2 Å². The molecule has 1 heterocycles. The molecule has 5 heteroatoms. The molecular weight excluding hydrogens is 268 g/mol. The molecule has 21 heavy (non-hydrogen) atoms. The van der Waals surface area contributed by atoms with Gasteiger partial charge in [0.25, 0.3) is 0 Å². The Morgan fingerprint density at radius 1 is 1.19 bits per heavy atom. The standard InChI is InChI=1S/C16H24N2O3/c1-20-14-6-4-13(12-15(14)21-2)5-7-16(19)18-10-3-8-17-9-11-18/h4,6,12,17H,3,5,7-11H2,1-2H3. The van der Waals surface area contributed by atoms with Gasteiger partial charge in [-0.1, -0.05) is 6.07 Å². The number of hydrogen-bond acceptors (Lipinski definition) is 4. The second-order valence-electron chi connectivity index (χ2n) is 5.17. The maximum Gasteiger partial charge on any atom is 0.222 e. The van der Waals surface area contributed by atoms with E-state index < -0.39 is 0 Å². The van der Waals surface area contributed by atoms with Crippen LogP contribution in [0.15, 0.2) is 18.2 Å². The highest BCUT2D eigenvalue weighted by Gasteiger charge is 2.15. The fourth-order valence-electron chi connectivity index (χ4n) is 2.54. The van der Waals surface area contributed by atoms with E-state index in [2.05, 4.69) is 5.32 Å². The smallest absolute Gasteiger partial charge is 0.222 e. The average Bonchev–Trinajstić information content (AvgIpc) is 2.81.